The molecule has 1 N–H and O–H groups in total. The van der Waals surface area contributed by atoms with Crippen LogP contribution in [0.3, 0.4) is 0 Å². The molecular weight excluding hydrogens is 306 g/mol. The Kier molecular flexibility index (Phi) is 3.98. The predicted octanol–water partition coefficient (Wildman–Crippen LogP) is 2.01. The minimum Gasteiger partial charge on any atom is -0.454 e. The van der Waals surface area contributed by atoms with Crippen LogP contribution in [0, 0.1) is 0 Å². The van der Waals surface area contributed by atoms with Crippen LogP contribution in [-0.2, 0) is 25.9 Å². The molecule has 0 radical (unpaired) electrons. The number of ether oxygens (including phenoxy) is 2. The quantitative estimate of drug-likeness (QED) is 0.930. The van der Waals surface area contributed by atoms with Crippen molar-refractivity contribution in [2.75, 3.05) is 13.3 Å². The van der Waals surface area contributed by atoms with Crippen LogP contribution in [0.5, 0.6) is 11.5 Å². The van der Waals surface area contributed by atoms with Gasteiger partial charge < -0.3 is 14.5 Å². The lowest BCUT2D eigenvalue weighted by molar-refractivity contribution is 0.171. The average Bonchev–Trinajstić information content (AvgIpc) is 3.05. The van der Waals surface area contributed by atoms with Crippen molar-refractivity contribution in [1.82, 2.24) is 14.9 Å². The van der Waals surface area contributed by atoms with Crippen molar-refractivity contribution < 1.29 is 9.47 Å². The summed E-state index contributed by atoms with van der Waals surface area (Å²) in [6.45, 7) is 4.68. The molecule has 3 heterocycles. The highest BCUT2D eigenvalue weighted by Crippen LogP contribution is 2.36. The van der Waals surface area contributed by atoms with Gasteiger partial charge in [0.1, 0.15) is 5.82 Å². The number of aryl methyl sites for hydroxylation is 1. The van der Waals surface area contributed by atoms with E-state index in [0.29, 0.717) is 6.54 Å². The first-order valence-corrected chi connectivity index (χ1v) is 8.45. The number of nitrogens with one attached hydrogen (secondary N) is 1. The summed E-state index contributed by atoms with van der Waals surface area (Å²) in [5.74, 6) is 2.44. The average molecular weight is 327 g/mol. The van der Waals surface area contributed by atoms with E-state index in [1.807, 2.05) is 12.1 Å². The summed E-state index contributed by atoms with van der Waals surface area (Å²) in [4.78, 5) is 22.1. The zero-order chi connectivity index (χ0) is 16.5. The summed E-state index contributed by atoms with van der Waals surface area (Å²) < 4.78 is 11.0. The van der Waals surface area contributed by atoms with E-state index < -0.39 is 0 Å². The van der Waals surface area contributed by atoms with Crippen LogP contribution in [0.1, 0.15) is 36.0 Å². The molecule has 2 aliphatic heterocycles. The first-order valence-electron chi connectivity index (χ1n) is 8.45. The lowest BCUT2D eigenvalue weighted by Crippen LogP contribution is -2.35. The maximum absolute atomic E-state index is 12.2. The topological polar surface area (TPSA) is 67.5 Å². The second-order valence-corrected chi connectivity index (χ2v) is 6.30. The fraction of sp³-hybridized carbons (Fsp3) is 0.444. The molecule has 0 saturated heterocycles. The lowest BCUT2D eigenvalue weighted by atomic mass is 10.0. The van der Waals surface area contributed by atoms with E-state index in [1.54, 1.807) is 0 Å². The second kappa shape index (κ2) is 6.28. The Hall–Kier alpha value is -2.34. The van der Waals surface area contributed by atoms with Crippen LogP contribution in [0.4, 0.5) is 0 Å². The van der Waals surface area contributed by atoms with Crippen molar-refractivity contribution in [3.63, 3.8) is 0 Å². The normalized spacial score (nSPS) is 16.2. The molecule has 0 bridgehead atoms. The van der Waals surface area contributed by atoms with Gasteiger partial charge in [0, 0.05) is 37.2 Å². The third kappa shape index (κ3) is 2.78. The molecule has 24 heavy (non-hydrogen) atoms. The van der Waals surface area contributed by atoms with E-state index in [-0.39, 0.29) is 12.4 Å². The standard InChI is InChI=1S/C18H21N3O3/c1-2-4-16-19-14-10-21(8-7-13(14)18(22)20-16)9-12-5-3-6-15-17(12)24-11-23-15/h3,5-6H,2,4,7-11H2,1H3,(H,19,20,22). The molecule has 1 aromatic carbocycles. The first kappa shape index (κ1) is 15.2. The number of aromatic nitrogens is 2. The Morgan fingerprint density at radius 1 is 1.33 bits per heavy atom. The number of rotatable bonds is 4. The number of nitrogens with zero attached hydrogens (tertiary/aromatic N) is 2. The molecule has 4 rings (SSSR count). The minimum absolute atomic E-state index is 0.0282. The molecule has 126 valence electrons. The zero-order valence-corrected chi connectivity index (χ0v) is 13.8. The molecule has 0 saturated carbocycles. The van der Waals surface area contributed by atoms with Crippen molar-refractivity contribution >= 4 is 0 Å². The number of hydrogen-bond donors (Lipinski definition) is 1. The van der Waals surface area contributed by atoms with Crippen molar-refractivity contribution in [2.24, 2.45) is 0 Å². The maximum atomic E-state index is 12.2. The molecule has 0 spiro atoms. The van der Waals surface area contributed by atoms with E-state index in [1.165, 1.54) is 0 Å². The summed E-state index contributed by atoms with van der Waals surface area (Å²) >= 11 is 0. The predicted molar refractivity (Wildman–Crippen MR) is 89.2 cm³/mol. The van der Waals surface area contributed by atoms with Gasteiger partial charge in [-0.2, -0.15) is 0 Å². The highest BCUT2D eigenvalue weighted by Gasteiger charge is 2.24. The molecule has 6 nitrogen and oxygen atoms in total. The van der Waals surface area contributed by atoms with Crippen LogP contribution in [-0.4, -0.2) is 28.2 Å². The molecule has 2 aliphatic rings. The van der Waals surface area contributed by atoms with Crippen LogP contribution in [0.2, 0.25) is 0 Å². The molecule has 6 heteroatoms. The van der Waals surface area contributed by atoms with Crippen LogP contribution in [0.25, 0.3) is 0 Å². The first-order chi connectivity index (χ1) is 11.7. The molecule has 0 fully saturated rings. The molecular formula is C18H21N3O3. The van der Waals surface area contributed by atoms with Crippen molar-refractivity contribution in [2.45, 2.75) is 39.3 Å². The number of benzene rings is 1. The monoisotopic (exact) mass is 327 g/mol. The second-order valence-electron chi connectivity index (χ2n) is 6.30. The van der Waals surface area contributed by atoms with Crippen molar-refractivity contribution in [3.8, 4) is 11.5 Å². The fourth-order valence-electron chi connectivity index (χ4n) is 3.39. The number of aromatic amines is 1. The molecule has 0 unspecified atom stereocenters. The number of fused-ring (bicyclic) bond motifs is 2. The van der Waals surface area contributed by atoms with E-state index in [9.17, 15) is 4.79 Å². The largest absolute Gasteiger partial charge is 0.454 e. The number of H-pyrrole nitrogens is 1. The highest BCUT2D eigenvalue weighted by molar-refractivity contribution is 5.48. The summed E-state index contributed by atoms with van der Waals surface area (Å²) in [6.07, 6.45) is 2.51. The summed E-state index contributed by atoms with van der Waals surface area (Å²) in [5, 5.41) is 0. The van der Waals surface area contributed by atoms with Gasteiger partial charge in [-0.05, 0) is 18.9 Å². The van der Waals surface area contributed by atoms with Crippen molar-refractivity contribution in [3.05, 3.63) is 51.2 Å². The fourth-order valence-corrected chi connectivity index (χ4v) is 3.39. The van der Waals surface area contributed by atoms with Gasteiger partial charge in [-0.1, -0.05) is 19.1 Å². The molecule has 2 aromatic rings. The summed E-state index contributed by atoms with van der Waals surface area (Å²) in [6, 6.07) is 5.98. The molecule has 0 amide bonds. The Labute approximate surface area is 140 Å². The Morgan fingerprint density at radius 2 is 2.25 bits per heavy atom. The zero-order valence-electron chi connectivity index (χ0n) is 13.8. The Morgan fingerprint density at radius 3 is 3.12 bits per heavy atom. The van der Waals surface area contributed by atoms with Crippen molar-refractivity contribution in [1.29, 1.82) is 0 Å². The molecule has 0 aliphatic carbocycles. The van der Waals surface area contributed by atoms with Crippen LogP contribution < -0.4 is 15.0 Å². The third-order valence-electron chi connectivity index (χ3n) is 4.56. The lowest BCUT2D eigenvalue weighted by Gasteiger charge is -2.28. The van der Waals surface area contributed by atoms with Crippen LogP contribution in [0.15, 0.2) is 23.0 Å². The smallest absolute Gasteiger partial charge is 0.254 e. The van der Waals surface area contributed by atoms with Gasteiger partial charge in [-0.25, -0.2) is 4.98 Å². The van der Waals surface area contributed by atoms with Gasteiger partial charge in [-0.15, -0.1) is 0 Å². The van der Waals surface area contributed by atoms with Gasteiger partial charge in [0.15, 0.2) is 11.5 Å². The Bertz CT molecular complexity index is 816. The van der Waals surface area contributed by atoms with Gasteiger partial charge >= 0.3 is 0 Å². The maximum Gasteiger partial charge on any atom is 0.254 e. The minimum atomic E-state index is 0.0282. The van der Waals surface area contributed by atoms with E-state index >= 15 is 0 Å². The van der Waals surface area contributed by atoms with Crippen LogP contribution >= 0.6 is 0 Å². The number of hydrogen-bond acceptors (Lipinski definition) is 5. The highest BCUT2D eigenvalue weighted by atomic mass is 16.7. The van der Waals surface area contributed by atoms with Gasteiger partial charge in [-0.3, -0.25) is 9.69 Å². The van der Waals surface area contributed by atoms with Gasteiger partial charge in [0.2, 0.25) is 6.79 Å². The summed E-state index contributed by atoms with van der Waals surface area (Å²) in [7, 11) is 0. The number of para-hydroxylation sites is 1. The summed E-state index contributed by atoms with van der Waals surface area (Å²) in [5.41, 5.74) is 2.90. The molecule has 1 aromatic heterocycles. The SMILES string of the molecule is CCCc1nc2c(c(=O)[nH]1)CCN(Cc1cccc3c1OCO3)C2. The van der Waals surface area contributed by atoms with E-state index in [2.05, 4.69) is 27.9 Å². The van der Waals surface area contributed by atoms with Gasteiger partial charge in [0.25, 0.3) is 5.56 Å². The van der Waals surface area contributed by atoms with Gasteiger partial charge in [0.05, 0.1) is 5.69 Å². The third-order valence-corrected chi connectivity index (χ3v) is 4.56. The van der Waals surface area contributed by atoms with E-state index in [0.717, 1.165) is 66.5 Å². The molecule has 0 atom stereocenters. The van der Waals surface area contributed by atoms with E-state index in [4.69, 9.17) is 9.47 Å². The Balaban J connectivity index is 1.56.